The number of nitrogens with one attached hydrogen (secondary N) is 2. The van der Waals surface area contributed by atoms with E-state index in [1.54, 1.807) is 6.07 Å². The lowest BCUT2D eigenvalue weighted by Crippen LogP contribution is -2.16. The van der Waals surface area contributed by atoms with Crippen molar-refractivity contribution in [2.75, 3.05) is 18.4 Å². The van der Waals surface area contributed by atoms with Gasteiger partial charge in [-0.15, -0.1) is 0 Å². The molecule has 1 heterocycles. The quantitative estimate of drug-likeness (QED) is 0.592. The van der Waals surface area contributed by atoms with Crippen LogP contribution >= 0.6 is 0 Å². The van der Waals surface area contributed by atoms with E-state index in [-0.39, 0.29) is 18.8 Å². The molecular formula is C18H16F4N4. The van der Waals surface area contributed by atoms with E-state index in [2.05, 4.69) is 15.5 Å². The molecule has 0 fully saturated rings. The van der Waals surface area contributed by atoms with E-state index in [9.17, 15) is 17.6 Å². The monoisotopic (exact) mass is 364 g/mol. The number of nitrogens with two attached hydrogens (primary N) is 1. The highest BCUT2D eigenvalue weighted by molar-refractivity contribution is 5.81. The van der Waals surface area contributed by atoms with Gasteiger partial charge in [-0.2, -0.15) is 18.3 Å². The topological polar surface area (TPSA) is 66.7 Å². The highest BCUT2D eigenvalue weighted by Crippen LogP contribution is 2.39. The summed E-state index contributed by atoms with van der Waals surface area (Å²) in [5.74, 6) is -0.399. The summed E-state index contributed by atoms with van der Waals surface area (Å²) in [6.07, 6.45) is -3.08. The van der Waals surface area contributed by atoms with Crippen molar-refractivity contribution in [3.63, 3.8) is 0 Å². The second kappa shape index (κ2) is 7.17. The van der Waals surface area contributed by atoms with Gasteiger partial charge in [0.1, 0.15) is 5.82 Å². The van der Waals surface area contributed by atoms with E-state index in [1.807, 2.05) is 0 Å². The second-order valence-corrected chi connectivity index (χ2v) is 5.64. The van der Waals surface area contributed by atoms with Crippen LogP contribution in [0.15, 0.2) is 48.7 Å². The Balaban J connectivity index is 2.05. The van der Waals surface area contributed by atoms with Crippen molar-refractivity contribution in [3.8, 4) is 22.4 Å². The average Bonchev–Trinajstić information content (AvgIpc) is 3.09. The van der Waals surface area contributed by atoms with Crippen LogP contribution in [-0.2, 0) is 6.18 Å². The number of benzene rings is 2. The number of hydrogen-bond donors (Lipinski definition) is 3. The zero-order chi connectivity index (χ0) is 18.7. The molecule has 0 aliphatic rings. The number of aromatic amines is 1. The maximum Gasteiger partial charge on any atom is 0.418 e. The highest BCUT2D eigenvalue weighted by atomic mass is 19.4. The molecule has 8 heteroatoms. The van der Waals surface area contributed by atoms with E-state index in [0.29, 0.717) is 22.4 Å². The lowest BCUT2D eigenvalue weighted by molar-refractivity contribution is -0.136. The average molecular weight is 364 g/mol. The van der Waals surface area contributed by atoms with Gasteiger partial charge in [-0.25, -0.2) is 4.39 Å². The van der Waals surface area contributed by atoms with Gasteiger partial charge in [0.25, 0.3) is 0 Å². The van der Waals surface area contributed by atoms with Gasteiger partial charge >= 0.3 is 6.18 Å². The molecule has 0 saturated carbocycles. The summed E-state index contributed by atoms with van der Waals surface area (Å²) in [6, 6.07) is 9.64. The number of anilines is 1. The Bertz CT molecular complexity index is 885. The molecule has 0 aliphatic heterocycles. The van der Waals surface area contributed by atoms with Crippen LogP contribution in [-0.4, -0.2) is 23.3 Å². The Kier molecular flexibility index (Phi) is 4.94. The Morgan fingerprint density at radius 3 is 2.38 bits per heavy atom. The van der Waals surface area contributed by atoms with Crippen molar-refractivity contribution in [2.24, 2.45) is 5.73 Å². The van der Waals surface area contributed by atoms with Crippen LogP contribution in [0.4, 0.5) is 23.2 Å². The van der Waals surface area contributed by atoms with Gasteiger partial charge in [0.2, 0.25) is 0 Å². The summed E-state index contributed by atoms with van der Waals surface area (Å²) in [4.78, 5) is 0. The smallest absolute Gasteiger partial charge is 0.383 e. The first-order valence-corrected chi connectivity index (χ1v) is 7.85. The zero-order valence-electron chi connectivity index (χ0n) is 13.6. The predicted octanol–water partition coefficient (Wildman–Crippen LogP) is 4.27. The van der Waals surface area contributed by atoms with E-state index < -0.39 is 17.6 Å². The molecule has 0 spiro atoms. The van der Waals surface area contributed by atoms with Crippen LogP contribution in [0.25, 0.3) is 22.4 Å². The summed E-state index contributed by atoms with van der Waals surface area (Å²) in [5.41, 5.74) is 6.52. The molecule has 4 nitrogen and oxygen atoms in total. The first-order valence-electron chi connectivity index (χ1n) is 7.85. The molecule has 0 saturated heterocycles. The van der Waals surface area contributed by atoms with E-state index >= 15 is 0 Å². The molecule has 0 unspecified atom stereocenters. The molecule has 0 radical (unpaired) electrons. The predicted molar refractivity (Wildman–Crippen MR) is 92.0 cm³/mol. The molecule has 0 bridgehead atoms. The van der Waals surface area contributed by atoms with Gasteiger partial charge in [-0.3, -0.25) is 5.10 Å². The number of H-pyrrole nitrogens is 1. The molecule has 26 heavy (non-hydrogen) atoms. The van der Waals surface area contributed by atoms with Gasteiger partial charge in [0.05, 0.1) is 17.5 Å². The minimum Gasteiger partial charge on any atom is -0.383 e. The van der Waals surface area contributed by atoms with Crippen molar-refractivity contribution >= 4 is 5.69 Å². The number of halogens is 4. The fourth-order valence-corrected chi connectivity index (χ4v) is 2.65. The van der Waals surface area contributed by atoms with E-state index in [0.717, 1.165) is 6.07 Å². The molecule has 2 aromatic carbocycles. The Morgan fingerprint density at radius 1 is 1.04 bits per heavy atom. The molecule has 0 aliphatic carbocycles. The Morgan fingerprint density at radius 2 is 1.73 bits per heavy atom. The summed E-state index contributed by atoms with van der Waals surface area (Å²) in [6.45, 7) is 0.449. The minimum absolute atomic E-state index is 0.0291. The zero-order valence-corrected chi connectivity index (χ0v) is 13.6. The lowest BCUT2D eigenvalue weighted by Gasteiger charge is -2.16. The largest absolute Gasteiger partial charge is 0.418 e. The summed E-state index contributed by atoms with van der Waals surface area (Å²) >= 11 is 0. The fraction of sp³-hybridized carbons (Fsp3) is 0.167. The summed E-state index contributed by atoms with van der Waals surface area (Å²) < 4.78 is 53.4. The first kappa shape index (κ1) is 17.9. The van der Waals surface area contributed by atoms with Crippen LogP contribution in [0.1, 0.15) is 5.56 Å². The third kappa shape index (κ3) is 3.70. The molecule has 0 amide bonds. The first-order chi connectivity index (χ1) is 12.4. The van der Waals surface area contributed by atoms with Crippen molar-refractivity contribution in [3.05, 3.63) is 60.0 Å². The van der Waals surface area contributed by atoms with Crippen LogP contribution in [0.3, 0.4) is 0 Å². The molecular weight excluding hydrogens is 348 g/mol. The Hall–Kier alpha value is -2.87. The standard InChI is InChI=1S/C18H16F4N4/c19-13-4-1-11(2-5-13)17-14(10-25-26-17)12-3-6-16(24-8-7-23)15(9-12)18(20,21)22/h1-6,9-10,24H,7-8,23H2,(H,25,26). The van der Waals surface area contributed by atoms with Crippen molar-refractivity contribution in [2.45, 2.75) is 6.18 Å². The second-order valence-electron chi connectivity index (χ2n) is 5.64. The molecule has 0 atom stereocenters. The van der Waals surface area contributed by atoms with Crippen molar-refractivity contribution < 1.29 is 17.6 Å². The minimum atomic E-state index is -4.52. The molecule has 4 N–H and O–H groups in total. The van der Waals surface area contributed by atoms with Crippen LogP contribution < -0.4 is 11.1 Å². The number of alkyl halides is 3. The lowest BCUT2D eigenvalue weighted by atomic mass is 9.99. The number of rotatable bonds is 5. The number of aromatic nitrogens is 2. The number of hydrogen-bond acceptors (Lipinski definition) is 3. The maximum absolute atomic E-state index is 13.4. The molecule has 136 valence electrons. The Labute approximate surface area is 147 Å². The third-order valence-corrected chi connectivity index (χ3v) is 3.87. The van der Waals surface area contributed by atoms with E-state index in [1.165, 1.54) is 36.5 Å². The summed E-state index contributed by atoms with van der Waals surface area (Å²) in [5, 5.41) is 9.37. The van der Waals surface area contributed by atoms with Gasteiger partial charge < -0.3 is 11.1 Å². The van der Waals surface area contributed by atoms with Crippen LogP contribution in [0.5, 0.6) is 0 Å². The van der Waals surface area contributed by atoms with Crippen molar-refractivity contribution in [1.29, 1.82) is 0 Å². The fourth-order valence-electron chi connectivity index (χ4n) is 2.65. The van der Waals surface area contributed by atoms with Crippen LogP contribution in [0, 0.1) is 5.82 Å². The third-order valence-electron chi connectivity index (χ3n) is 3.87. The highest BCUT2D eigenvalue weighted by Gasteiger charge is 2.34. The summed E-state index contributed by atoms with van der Waals surface area (Å²) in [7, 11) is 0. The SMILES string of the molecule is NCCNc1ccc(-c2cn[nH]c2-c2ccc(F)cc2)cc1C(F)(F)F. The van der Waals surface area contributed by atoms with Crippen molar-refractivity contribution in [1.82, 2.24) is 10.2 Å². The number of nitrogens with zero attached hydrogens (tertiary/aromatic N) is 1. The van der Waals surface area contributed by atoms with Gasteiger partial charge in [0, 0.05) is 29.9 Å². The van der Waals surface area contributed by atoms with Gasteiger partial charge in [-0.1, -0.05) is 6.07 Å². The van der Waals surface area contributed by atoms with Crippen LogP contribution in [0.2, 0.25) is 0 Å². The molecule has 3 aromatic rings. The maximum atomic E-state index is 13.4. The normalized spacial score (nSPS) is 11.6. The molecule has 1 aromatic heterocycles. The van der Waals surface area contributed by atoms with Gasteiger partial charge in [-0.05, 0) is 42.0 Å². The molecule has 3 rings (SSSR count). The van der Waals surface area contributed by atoms with Gasteiger partial charge in [0.15, 0.2) is 0 Å². The van der Waals surface area contributed by atoms with E-state index in [4.69, 9.17) is 5.73 Å².